The van der Waals surface area contributed by atoms with E-state index in [1.165, 1.54) is 0 Å². The van der Waals surface area contributed by atoms with Gasteiger partial charge in [-0.2, -0.15) is 0 Å². The van der Waals surface area contributed by atoms with Crippen LogP contribution in [0.4, 0.5) is 5.82 Å². The number of hydrogen-bond donors (Lipinski definition) is 1. The third-order valence-corrected chi connectivity index (χ3v) is 5.23. The van der Waals surface area contributed by atoms with Crippen molar-refractivity contribution >= 4 is 26.6 Å². The Morgan fingerprint density at radius 1 is 1.04 bits per heavy atom. The van der Waals surface area contributed by atoms with Crippen LogP contribution in [0.1, 0.15) is 18.9 Å². The Kier molecular flexibility index (Phi) is 4.90. The number of nitrogens with zero attached hydrogens (tertiary/aromatic N) is 1. The van der Waals surface area contributed by atoms with Crippen molar-refractivity contribution in [1.82, 2.24) is 4.98 Å². The van der Waals surface area contributed by atoms with E-state index in [0.29, 0.717) is 23.6 Å². The number of hydrogen-bond acceptors (Lipinski definition) is 4. The first kappa shape index (κ1) is 17.2. The predicted octanol–water partition coefficient (Wildman–Crippen LogP) is 4.13. The van der Waals surface area contributed by atoms with Gasteiger partial charge in [0, 0.05) is 17.0 Å². The number of rotatable bonds is 6. The van der Waals surface area contributed by atoms with E-state index in [9.17, 15) is 8.42 Å². The monoisotopic (exact) mass is 356 g/mol. The standard InChI is InChI=1S/C19H20N2O3S/c1-3-13-24-17-10-11-18(16-9-5-4-8-15(16)17)25(22,23)21-19-14(2)7-6-12-20-19/h4-12H,3,13H2,1-2H3,(H,20,21). The molecule has 5 nitrogen and oxygen atoms in total. The number of aromatic nitrogens is 1. The molecule has 0 unspecified atom stereocenters. The van der Waals surface area contributed by atoms with Gasteiger partial charge in [0.05, 0.1) is 11.5 Å². The fourth-order valence-electron chi connectivity index (χ4n) is 2.59. The molecule has 2 aromatic carbocycles. The molecule has 0 fully saturated rings. The average molecular weight is 356 g/mol. The zero-order chi connectivity index (χ0) is 17.9. The predicted molar refractivity (Wildman–Crippen MR) is 99.5 cm³/mol. The van der Waals surface area contributed by atoms with Crippen molar-refractivity contribution in [3.63, 3.8) is 0 Å². The van der Waals surface area contributed by atoms with Gasteiger partial charge in [0.25, 0.3) is 10.0 Å². The maximum Gasteiger partial charge on any atom is 0.263 e. The lowest BCUT2D eigenvalue weighted by molar-refractivity contribution is 0.321. The molecule has 0 aliphatic heterocycles. The summed E-state index contributed by atoms with van der Waals surface area (Å²) in [7, 11) is -3.77. The summed E-state index contributed by atoms with van der Waals surface area (Å²) in [4.78, 5) is 4.32. The van der Waals surface area contributed by atoms with Gasteiger partial charge in [0.1, 0.15) is 11.6 Å². The van der Waals surface area contributed by atoms with Gasteiger partial charge in [-0.1, -0.05) is 37.3 Å². The molecule has 25 heavy (non-hydrogen) atoms. The molecule has 0 atom stereocenters. The lowest BCUT2D eigenvalue weighted by Gasteiger charge is -2.14. The van der Waals surface area contributed by atoms with E-state index < -0.39 is 10.0 Å². The van der Waals surface area contributed by atoms with Gasteiger partial charge in [-0.3, -0.25) is 4.72 Å². The molecule has 0 saturated heterocycles. The van der Waals surface area contributed by atoms with Crippen LogP contribution in [0.15, 0.2) is 59.6 Å². The number of nitrogens with one attached hydrogen (secondary N) is 1. The lowest BCUT2D eigenvalue weighted by Crippen LogP contribution is -2.15. The smallest absolute Gasteiger partial charge is 0.263 e. The molecule has 0 radical (unpaired) electrons. The number of ether oxygens (including phenoxy) is 1. The molecule has 0 aliphatic rings. The largest absolute Gasteiger partial charge is 0.493 e. The van der Waals surface area contributed by atoms with Crippen LogP contribution in [-0.2, 0) is 10.0 Å². The molecule has 1 heterocycles. The summed E-state index contributed by atoms with van der Waals surface area (Å²) in [5, 5.41) is 1.40. The molecule has 0 bridgehead atoms. The number of aryl methyl sites for hydroxylation is 1. The maximum absolute atomic E-state index is 12.9. The molecule has 130 valence electrons. The molecular weight excluding hydrogens is 336 g/mol. The lowest BCUT2D eigenvalue weighted by atomic mass is 10.1. The molecule has 1 aromatic heterocycles. The fraction of sp³-hybridized carbons (Fsp3) is 0.211. The van der Waals surface area contributed by atoms with Gasteiger partial charge in [0.2, 0.25) is 0 Å². The van der Waals surface area contributed by atoms with Crippen molar-refractivity contribution in [1.29, 1.82) is 0 Å². The molecular formula is C19H20N2O3S. The van der Waals surface area contributed by atoms with E-state index in [2.05, 4.69) is 9.71 Å². The summed E-state index contributed by atoms with van der Waals surface area (Å²) in [6, 6.07) is 14.2. The molecule has 0 saturated carbocycles. The zero-order valence-corrected chi connectivity index (χ0v) is 15.0. The number of fused-ring (bicyclic) bond motifs is 1. The summed E-state index contributed by atoms with van der Waals surface area (Å²) in [5.74, 6) is 1.02. The number of benzene rings is 2. The highest BCUT2D eigenvalue weighted by Gasteiger charge is 2.20. The SMILES string of the molecule is CCCOc1ccc(S(=O)(=O)Nc2ncccc2C)c2ccccc12. The molecule has 3 aromatic rings. The van der Waals surface area contributed by atoms with Crippen LogP contribution in [-0.4, -0.2) is 20.0 Å². The van der Waals surface area contributed by atoms with Crippen LogP contribution in [0.2, 0.25) is 0 Å². The van der Waals surface area contributed by atoms with Gasteiger partial charge >= 0.3 is 0 Å². The minimum atomic E-state index is -3.77. The highest BCUT2D eigenvalue weighted by atomic mass is 32.2. The number of pyridine rings is 1. The zero-order valence-electron chi connectivity index (χ0n) is 14.2. The Morgan fingerprint density at radius 3 is 2.52 bits per heavy atom. The Balaban J connectivity index is 2.08. The van der Waals surface area contributed by atoms with Crippen molar-refractivity contribution in [2.75, 3.05) is 11.3 Å². The third-order valence-electron chi connectivity index (χ3n) is 3.84. The highest BCUT2D eigenvalue weighted by Crippen LogP contribution is 2.32. The van der Waals surface area contributed by atoms with Crippen molar-refractivity contribution in [2.24, 2.45) is 0 Å². The number of sulfonamides is 1. The van der Waals surface area contributed by atoms with Crippen LogP contribution >= 0.6 is 0 Å². The Hall–Kier alpha value is -2.60. The average Bonchev–Trinajstić information content (AvgIpc) is 2.61. The first-order chi connectivity index (χ1) is 12.0. The minimum Gasteiger partial charge on any atom is -0.493 e. The van der Waals surface area contributed by atoms with Crippen LogP contribution in [0.25, 0.3) is 10.8 Å². The van der Waals surface area contributed by atoms with Gasteiger partial charge in [0.15, 0.2) is 0 Å². The maximum atomic E-state index is 12.9. The van der Waals surface area contributed by atoms with Gasteiger partial charge in [-0.15, -0.1) is 0 Å². The quantitative estimate of drug-likeness (QED) is 0.721. The highest BCUT2D eigenvalue weighted by molar-refractivity contribution is 7.93. The van der Waals surface area contributed by atoms with E-state index in [-0.39, 0.29) is 4.90 Å². The second kappa shape index (κ2) is 7.11. The Morgan fingerprint density at radius 2 is 1.80 bits per heavy atom. The summed E-state index contributed by atoms with van der Waals surface area (Å²) in [6.07, 6.45) is 2.44. The van der Waals surface area contributed by atoms with Gasteiger partial charge in [-0.05, 0) is 37.1 Å². The minimum absolute atomic E-state index is 0.206. The second-order valence-corrected chi connectivity index (χ2v) is 7.38. The molecule has 3 rings (SSSR count). The van der Waals surface area contributed by atoms with E-state index in [0.717, 1.165) is 17.4 Å². The molecule has 0 spiro atoms. The summed E-state index contributed by atoms with van der Waals surface area (Å²) in [5.41, 5.74) is 0.762. The van der Waals surface area contributed by atoms with Crippen molar-refractivity contribution in [2.45, 2.75) is 25.2 Å². The molecule has 6 heteroatoms. The van der Waals surface area contributed by atoms with E-state index in [1.54, 1.807) is 30.5 Å². The summed E-state index contributed by atoms with van der Waals surface area (Å²) in [6.45, 7) is 4.42. The first-order valence-corrected chi connectivity index (χ1v) is 9.60. The van der Waals surface area contributed by atoms with Gasteiger partial charge < -0.3 is 4.74 Å². The normalized spacial score (nSPS) is 11.4. The summed E-state index contributed by atoms with van der Waals surface area (Å²) < 4.78 is 34.1. The molecule has 0 aliphatic carbocycles. The fourth-order valence-corrected chi connectivity index (χ4v) is 3.88. The van der Waals surface area contributed by atoms with Gasteiger partial charge in [-0.25, -0.2) is 13.4 Å². The second-order valence-electron chi connectivity index (χ2n) is 5.73. The summed E-state index contributed by atoms with van der Waals surface area (Å²) >= 11 is 0. The van der Waals surface area contributed by atoms with Crippen LogP contribution in [0.3, 0.4) is 0 Å². The van der Waals surface area contributed by atoms with Crippen LogP contribution in [0.5, 0.6) is 5.75 Å². The van der Waals surface area contributed by atoms with Crippen molar-refractivity contribution in [3.8, 4) is 5.75 Å². The van der Waals surface area contributed by atoms with Crippen molar-refractivity contribution < 1.29 is 13.2 Å². The van der Waals surface area contributed by atoms with Crippen LogP contribution in [0, 0.1) is 6.92 Å². The topological polar surface area (TPSA) is 68.3 Å². The third kappa shape index (κ3) is 3.58. The number of anilines is 1. The Labute approximate surface area is 147 Å². The first-order valence-electron chi connectivity index (χ1n) is 8.12. The van der Waals surface area contributed by atoms with E-state index >= 15 is 0 Å². The Bertz CT molecular complexity index is 1000. The molecule has 1 N–H and O–H groups in total. The van der Waals surface area contributed by atoms with Crippen molar-refractivity contribution in [3.05, 3.63) is 60.3 Å². The van der Waals surface area contributed by atoms with Crippen LogP contribution < -0.4 is 9.46 Å². The molecule has 0 amide bonds. The van der Waals surface area contributed by atoms with E-state index in [1.807, 2.05) is 38.1 Å². The van der Waals surface area contributed by atoms with E-state index in [4.69, 9.17) is 4.74 Å².